The highest BCUT2D eigenvalue weighted by Crippen LogP contribution is 2.83. The lowest BCUT2D eigenvalue weighted by atomic mass is 9.43. The topological polar surface area (TPSA) is 54.4 Å². The van der Waals surface area contributed by atoms with Crippen molar-refractivity contribution in [2.75, 3.05) is 5.75 Å². The van der Waals surface area contributed by atoms with Crippen LogP contribution in [0.5, 0.6) is 0 Å². The van der Waals surface area contributed by atoms with Crippen LogP contribution in [-0.2, 0) is 9.59 Å². The quantitative estimate of drug-likeness (QED) is 0.416. The van der Waals surface area contributed by atoms with Gasteiger partial charge in [-0.2, -0.15) is 11.8 Å². The summed E-state index contributed by atoms with van der Waals surface area (Å²) in [5, 5.41) is 11.7. The van der Waals surface area contributed by atoms with E-state index in [0.717, 1.165) is 43.3 Å². The average Bonchev–Trinajstić information content (AvgIpc) is 3.30. The van der Waals surface area contributed by atoms with E-state index in [4.69, 9.17) is 0 Å². The molecule has 7 atom stereocenters. The summed E-state index contributed by atoms with van der Waals surface area (Å²) in [4.78, 5) is 26.4. The molecular weight excluding hydrogens is 392 g/mol. The van der Waals surface area contributed by atoms with Gasteiger partial charge in [0.25, 0.3) is 0 Å². The second-order valence-corrected chi connectivity index (χ2v) is 12.8. The molecule has 0 aromatic rings. The molecule has 166 valence electrons. The largest absolute Gasteiger partial charge is 0.481 e. The first kappa shape index (κ1) is 21.1. The number of hydrogen-bond donors (Lipinski definition) is 1. The van der Waals surface area contributed by atoms with Gasteiger partial charge in [-0.25, -0.2) is 0 Å². The van der Waals surface area contributed by atoms with Crippen molar-refractivity contribution < 1.29 is 14.7 Å². The highest BCUT2D eigenvalue weighted by molar-refractivity contribution is 7.99. The zero-order chi connectivity index (χ0) is 21.3. The highest BCUT2D eigenvalue weighted by atomic mass is 32.2. The molecule has 0 saturated heterocycles. The molecule has 2 unspecified atom stereocenters. The molecule has 0 aromatic carbocycles. The van der Waals surface area contributed by atoms with Crippen molar-refractivity contribution in [2.24, 2.45) is 45.8 Å². The molecule has 5 rings (SSSR count). The fraction of sp³-hybridized carbons (Fsp3) is 0.846. The third-order valence-electron chi connectivity index (χ3n) is 10.3. The summed E-state index contributed by atoms with van der Waals surface area (Å²) in [6.07, 6.45) is 14.0. The molecule has 0 spiro atoms. The Hall–Kier alpha value is -0.770. The maximum absolute atomic E-state index is 13.4. The van der Waals surface area contributed by atoms with Crippen molar-refractivity contribution in [3.05, 3.63) is 11.6 Å². The fourth-order valence-corrected chi connectivity index (χ4v) is 10.9. The highest BCUT2D eigenvalue weighted by Gasteiger charge is 2.84. The van der Waals surface area contributed by atoms with E-state index < -0.39 is 16.8 Å². The molecule has 5 aliphatic carbocycles. The lowest BCUT2D eigenvalue weighted by Crippen LogP contribution is -2.63. The van der Waals surface area contributed by atoms with Gasteiger partial charge in [-0.1, -0.05) is 58.1 Å². The number of thioether (sulfide) groups is 1. The minimum absolute atomic E-state index is 0.181. The van der Waals surface area contributed by atoms with Gasteiger partial charge in [0.05, 0.1) is 5.41 Å². The van der Waals surface area contributed by atoms with Crippen LogP contribution in [-0.4, -0.2) is 28.4 Å². The summed E-state index contributed by atoms with van der Waals surface area (Å²) in [5.41, 5.74) is -0.867. The monoisotopic (exact) mass is 430 g/mol. The number of allylic oxidation sites excluding steroid dienone is 1. The molecule has 4 heteroatoms. The molecule has 30 heavy (non-hydrogen) atoms. The summed E-state index contributed by atoms with van der Waals surface area (Å²) < 4.78 is 0. The van der Waals surface area contributed by atoms with Gasteiger partial charge in [-0.15, -0.1) is 0 Å². The van der Waals surface area contributed by atoms with Crippen LogP contribution >= 0.6 is 11.8 Å². The SMILES string of the molecule is CC(C)C1=CC2C[C@]3(C=O)[C@@H]4CC[C@@H](C)[C@H]4CC2(CSC2CCCCC2)[C@]13C(=O)O. The Morgan fingerprint density at radius 2 is 1.93 bits per heavy atom. The Labute approximate surface area is 185 Å². The van der Waals surface area contributed by atoms with Gasteiger partial charge in [-0.05, 0) is 61.7 Å². The van der Waals surface area contributed by atoms with Crippen LogP contribution in [0.1, 0.15) is 78.6 Å². The van der Waals surface area contributed by atoms with Gasteiger partial charge in [-0.3, -0.25) is 4.79 Å². The predicted octanol–water partition coefficient (Wildman–Crippen LogP) is 5.98. The number of carboxylic acid groups (broad SMARTS) is 1. The van der Waals surface area contributed by atoms with Crippen LogP contribution < -0.4 is 0 Å². The molecule has 0 aromatic heterocycles. The number of carbonyl (C=O) groups excluding carboxylic acids is 1. The molecule has 4 saturated carbocycles. The number of aliphatic carboxylic acids is 1. The van der Waals surface area contributed by atoms with E-state index in [1.165, 1.54) is 32.1 Å². The molecular formula is C26H38O3S. The number of rotatable bonds is 6. The second kappa shape index (κ2) is 7.12. The molecule has 4 fully saturated rings. The number of aldehydes is 1. The molecule has 4 bridgehead atoms. The number of hydrogen-bond acceptors (Lipinski definition) is 3. The smallest absolute Gasteiger partial charge is 0.315 e. The van der Waals surface area contributed by atoms with E-state index >= 15 is 0 Å². The van der Waals surface area contributed by atoms with Crippen LogP contribution in [0.15, 0.2) is 11.6 Å². The minimum Gasteiger partial charge on any atom is -0.481 e. The van der Waals surface area contributed by atoms with Crippen LogP contribution in [0, 0.1) is 45.8 Å². The van der Waals surface area contributed by atoms with Gasteiger partial charge in [0.15, 0.2) is 0 Å². The molecule has 5 aliphatic rings. The molecule has 0 radical (unpaired) electrons. The van der Waals surface area contributed by atoms with Gasteiger partial charge < -0.3 is 9.90 Å². The maximum Gasteiger partial charge on any atom is 0.315 e. The summed E-state index contributed by atoms with van der Waals surface area (Å²) in [6.45, 7) is 6.63. The van der Waals surface area contributed by atoms with Crippen molar-refractivity contribution in [3.63, 3.8) is 0 Å². The Morgan fingerprint density at radius 3 is 2.57 bits per heavy atom. The molecule has 3 nitrogen and oxygen atoms in total. The van der Waals surface area contributed by atoms with E-state index in [0.29, 0.717) is 17.1 Å². The van der Waals surface area contributed by atoms with E-state index in [9.17, 15) is 14.7 Å². The average molecular weight is 431 g/mol. The van der Waals surface area contributed by atoms with Gasteiger partial charge in [0.1, 0.15) is 11.7 Å². The van der Waals surface area contributed by atoms with Crippen LogP contribution in [0.3, 0.4) is 0 Å². The normalized spacial score (nSPS) is 47.4. The molecule has 0 amide bonds. The molecule has 0 aliphatic heterocycles. The third kappa shape index (κ3) is 2.35. The lowest BCUT2D eigenvalue weighted by molar-refractivity contribution is -0.177. The van der Waals surface area contributed by atoms with Crippen molar-refractivity contribution in [2.45, 2.75) is 83.8 Å². The van der Waals surface area contributed by atoms with Gasteiger partial charge >= 0.3 is 5.97 Å². The van der Waals surface area contributed by atoms with E-state index in [-0.39, 0.29) is 23.2 Å². The lowest BCUT2D eigenvalue weighted by Gasteiger charge is -2.58. The van der Waals surface area contributed by atoms with Gasteiger partial charge in [0, 0.05) is 16.4 Å². The van der Waals surface area contributed by atoms with E-state index in [1.54, 1.807) is 0 Å². The Morgan fingerprint density at radius 1 is 1.20 bits per heavy atom. The summed E-state index contributed by atoms with van der Waals surface area (Å²) in [6, 6.07) is 0. The molecule has 1 N–H and O–H groups in total. The zero-order valence-electron chi connectivity index (χ0n) is 18.9. The third-order valence-corrected chi connectivity index (χ3v) is 11.9. The van der Waals surface area contributed by atoms with Crippen molar-refractivity contribution in [1.82, 2.24) is 0 Å². The van der Waals surface area contributed by atoms with E-state index in [2.05, 4.69) is 38.6 Å². The van der Waals surface area contributed by atoms with Crippen molar-refractivity contribution in [3.8, 4) is 0 Å². The zero-order valence-corrected chi connectivity index (χ0v) is 19.7. The first-order valence-corrected chi connectivity index (χ1v) is 13.4. The predicted molar refractivity (Wildman–Crippen MR) is 121 cm³/mol. The summed E-state index contributed by atoms with van der Waals surface area (Å²) in [7, 11) is 0. The Balaban J connectivity index is 1.64. The standard InChI is InChI=1S/C26H38O3S/c1-16(2)22-11-18-12-24(14-27)21-10-9-17(3)20(21)13-25(18,26(22,24)23(28)29)15-30-19-7-5-4-6-8-19/h11,14,16-21H,4-10,12-13,15H2,1-3H3,(H,28,29)/t17-,18?,20-,21-,24+,25?,26+/m1/s1. The maximum atomic E-state index is 13.4. The Bertz CT molecular complexity index is 768. The number of carbonyl (C=O) groups is 2. The molecule has 0 heterocycles. The number of fused-ring (bicyclic) bond motifs is 2. The second-order valence-electron chi connectivity index (χ2n) is 11.6. The number of carboxylic acids is 1. The minimum atomic E-state index is -0.979. The summed E-state index contributed by atoms with van der Waals surface area (Å²) in [5.74, 6) is 2.04. The van der Waals surface area contributed by atoms with Crippen molar-refractivity contribution >= 4 is 24.0 Å². The van der Waals surface area contributed by atoms with Crippen LogP contribution in [0.2, 0.25) is 0 Å². The first-order valence-electron chi connectivity index (χ1n) is 12.4. The van der Waals surface area contributed by atoms with Crippen LogP contribution in [0.25, 0.3) is 0 Å². The van der Waals surface area contributed by atoms with Crippen LogP contribution in [0.4, 0.5) is 0 Å². The van der Waals surface area contributed by atoms with Crippen molar-refractivity contribution in [1.29, 1.82) is 0 Å². The fourth-order valence-electron chi connectivity index (χ4n) is 9.13. The summed E-state index contributed by atoms with van der Waals surface area (Å²) >= 11 is 2.06. The van der Waals surface area contributed by atoms with E-state index in [1.807, 2.05) is 0 Å². The Kier molecular flexibility index (Phi) is 5.00. The first-order chi connectivity index (χ1) is 14.3. The van der Waals surface area contributed by atoms with Gasteiger partial charge in [0.2, 0.25) is 0 Å².